The van der Waals surface area contributed by atoms with Crippen molar-refractivity contribution in [3.05, 3.63) is 206 Å². The van der Waals surface area contributed by atoms with E-state index in [1.54, 1.807) is 0 Å². The van der Waals surface area contributed by atoms with Gasteiger partial charge in [0.2, 0.25) is 0 Å². The van der Waals surface area contributed by atoms with Crippen LogP contribution in [0.4, 0.5) is 17.1 Å². The summed E-state index contributed by atoms with van der Waals surface area (Å²) in [5, 5.41) is 10.2. The molecule has 0 saturated heterocycles. The van der Waals surface area contributed by atoms with Gasteiger partial charge in [-0.3, -0.25) is 0 Å². The van der Waals surface area contributed by atoms with E-state index in [4.69, 9.17) is 0 Å². The minimum Gasteiger partial charge on any atom is -0.310 e. The van der Waals surface area contributed by atoms with Crippen LogP contribution in [0.3, 0.4) is 0 Å². The van der Waals surface area contributed by atoms with Gasteiger partial charge in [0.15, 0.2) is 0 Å². The van der Waals surface area contributed by atoms with Crippen molar-refractivity contribution in [3.63, 3.8) is 0 Å². The maximum absolute atomic E-state index is 2.43. The molecule has 54 heavy (non-hydrogen) atoms. The van der Waals surface area contributed by atoms with Crippen LogP contribution in [0.15, 0.2) is 206 Å². The van der Waals surface area contributed by atoms with Crippen LogP contribution in [0.5, 0.6) is 0 Å². The smallest absolute Gasteiger partial charge is 0.0547 e. The van der Waals surface area contributed by atoms with E-state index in [0.29, 0.717) is 0 Å². The summed E-state index contributed by atoms with van der Waals surface area (Å²) in [4.78, 5) is 2.43. The Bertz CT molecular complexity index is 3090. The number of anilines is 3. The van der Waals surface area contributed by atoms with Crippen molar-refractivity contribution >= 4 is 71.2 Å². The zero-order valence-electron chi connectivity index (χ0n) is 29.5. The second-order valence-electron chi connectivity index (χ2n) is 14.2. The van der Waals surface area contributed by atoms with Crippen molar-refractivity contribution in [3.8, 4) is 27.9 Å². The van der Waals surface area contributed by atoms with Gasteiger partial charge in [-0.1, -0.05) is 152 Å². The quantitative estimate of drug-likeness (QED) is 0.158. The van der Waals surface area contributed by atoms with Gasteiger partial charge in [0, 0.05) is 33.2 Å². The molecule has 252 valence electrons. The van der Waals surface area contributed by atoms with Gasteiger partial charge in [0.1, 0.15) is 0 Å². The molecular formula is C52H34N2. The summed E-state index contributed by atoms with van der Waals surface area (Å²) < 4.78 is 2.43. The Kier molecular flexibility index (Phi) is 6.90. The highest BCUT2D eigenvalue weighted by Crippen LogP contribution is 2.44. The van der Waals surface area contributed by atoms with Crippen LogP contribution in [0.1, 0.15) is 0 Å². The normalized spacial score (nSPS) is 11.7. The number of fused-ring (bicyclic) bond motifs is 3. The van der Waals surface area contributed by atoms with Gasteiger partial charge in [-0.05, 0) is 104 Å². The molecule has 2 heteroatoms. The summed E-state index contributed by atoms with van der Waals surface area (Å²) in [5.74, 6) is 0. The first-order valence-electron chi connectivity index (χ1n) is 18.6. The first-order valence-corrected chi connectivity index (χ1v) is 18.6. The molecule has 0 aliphatic heterocycles. The molecule has 0 unspecified atom stereocenters. The van der Waals surface area contributed by atoms with Gasteiger partial charge in [0.05, 0.1) is 16.7 Å². The molecular weight excluding hydrogens is 653 g/mol. The Labute approximate surface area is 313 Å². The molecule has 0 aliphatic rings. The molecule has 0 fully saturated rings. The molecule has 2 nitrogen and oxygen atoms in total. The number of aromatic nitrogens is 1. The molecule has 0 aliphatic carbocycles. The highest BCUT2D eigenvalue weighted by molar-refractivity contribution is 6.24. The summed E-state index contributed by atoms with van der Waals surface area (Å²) in [6.45, 7) is 0. The van der Waals surface area contributed by atoms with Gasteiger partial charge < -0.3 is 9.47 Å². The van der Waals surface area contributed by atoms with Crippen LogP contribution >= 0.6 is 0 Å². The molecule has 0 spiro atoms. The van der Waals surface area contributed by atoms with Crippen molar-refractivity contribution in [2.45, 2.75) is 0 Å². The standard InChI is InChI=1S/C52H34N2/c1-2-12-35(13-3-1)36-28-30-42(31-29-36)53(50-34-41-14-4-5-21-45(41)46-22-6-7-23-47(46)50)43-19-8-17-39(32-43)40-18-9-20-44(33-40)54-48-24-10-15-37-26-27-38-16-11-25-49(54)52(38)51(37)48/h1-34H. The Balaban J connectivity index is 1.09. The minimum atomic E-state index is 1.11. The van der Waals surface area contributed by atoms with Gasteiger partial charge in [-0.15, -0.1) is 0 Å². The van der Waals surface area contributed by atoms with Crippen molar-refractivity contribution in [1.29, 1.82) is 0 Å². The number of hydrogen-bond donors (Lipinski definition) is 0. The molecule has 10 aromatic carbocycles. The average molecular weight is 687 g/mol. The number of rotatable bonds is 6. The summed E-state index contributed by atoms with van der Waals surface area (Å²) in [5.41, 5.74) is 11.7. The topological polar surface area (TPSA) is 8.17 Å². The van der Waals surface area contributed by atoms with E-state index >= 15 is 0 Å². The summed E-state index contributed by atoms with van der Waals surface area (Å²) in [6, 6.07) is 75.3. The van der Waals surface area contributed by atoms with Crippen LogP contribution in [0, 0.1) is 0 Å². The van der Waals surface area contributed by atoms with Crippen LogP contribution < -0.4 is 4.90 Å². The zero-order valence-corrected chi connectivity index (χ0v) is 29.5. The molecule has 0 saturated carbocycles. The average Bonchev–Trinajstić information content (AvgIpc) is 3.60. The summed E-state index contributed by atoms with van der Waals surface area (Å²) >= 11 is 0. The Morgan fingerprint density at radius 1 is 0.315 bits per heavy atom. The molecule has 0 N–H and O–H groups in total. The lowest BCUT2D eigenvalue weighted by Gasteiger charge is -2.28. The van der Waals surface area contributed by atoms with Crippen molar-refractivity contribution in [2.75, 3.05) is 4.90 Å². The second kappa shape index (κ2) is 12.2. The maximum atomic E-state index is 2.43. The number of benzene rings is 10. The second-order valence-corrected chi connectivity index (χ2v) is 14.2. The van der Waals surface area contributed by atoms with Crippen LogP contribution in [-0.2, 0) is 0 Å². The lowest BCUT2D eigenvalue weighted by atomic mass is 9.98. The third-order valence-electron chi connectivity index (χ3n) is 11.1. The Morgan fingerprint density at radius 3 is 1.61 bits per heavy atom. The van der Waals surface area contributed by atoms with Crippen LogP contribution in [-0.4, -0.2) is 4.57 Å². The molecule has 11 aromatic rings. The lowest BCUT2D eigenvalue weighted by Crippen LogP contribution is -2.11. The fourth-order valence-corrected chi connectivity index (χ4v) is 8.63. The molecule has 0 amide bonds. The Morgan fingerprint density at radius 2 is 0.870 bits per heavy atom. The van der Waals surface area contributed by atoms with E-state index < -0.39 is 0 Å². The highest BCUT2D eigenvalue weighted by atomic mass is 15.1. The van der Waals surface area contributed by atoms with Crippen molar-refractivity contribution < 1.29 is 0 Å². The predicted octanol–water partition coefficient (Wildman–Crippen LogP) is 14.5. The van der Waals surface area contributed by atoms with Gasteiger partial charge in [-0.2, -0.15) is 0 Å². The lowest BCUT2D eigenvalue weighted by molar-refractivity contribution is 1.18. The minimum absolute atomic E-state index is 1.11. The fourth-order valence-electron chi connectivity index (χ4n) is 8.63. The number of nitrogens with zero attached hydrogens (tertiary/aromatic N) is 2. The summed E-state index contributed by atoms with van der Waals surface area (Å²) in [7, 11) is 0. The van der Waals surface area contributed by atoms with Crippen molar-refractivity contribution in [2.24, 2.45) is 0 Å². The van der Waals surface area contributed by atoms with E-state index in [-0.39, 0.29) is 0 Å². The number of hydrogen-bond acceptors (Lipinski definition) is 1. The molecule has 0 radical (unpaired) electrons. The first kappa shape index (κ1) is 30.5. The van der Waals surface area contributed by atoms with E-state index in [2.05, 4.69) is 216 Å². The van der Waals surface area contributed by atoms with Gasteiger partial charge in [-0.25, -0.2) is 0 Å². The summed E-state index contributed by atoms with van der Waals surface area (Å²) in [6.07, 6.45) is 0. The largest absolute Gasteiger partial charge is 0.310 e. The predicted molar refractivity (Wildman–Crippen MR) is 230 cm³/mol. The molecule has 1 heterocycles. The first-order chi connectivity index (χ1) is 26.8. The fraction of sp³-hybridized carbons (Fsp3) is 0. The van der Waals surface area contributed by atoms with E-state index in [9.17, 15) is 0 Å². The molecule has 11 rings (SSSR count). The SMILES string of the molecule is c1ccc(-c2ccc(N(c3cccc(-c4cccc(-n5c6cccc7ccc8cccc5c8c76)c4)c3)c3cc4ccccc4c4ccccc34)cc2)cc1. The van der Waals surface area contributed by atoms with E-state index in [1.165, 1.54) is 76.4 Å². The maximum Gasteiger partial charge on any atom is 0.0547 e. The molecule has 0 bridgehead atoms. The third-order valence-corrected chi connectivity index (χ3v) is 11.1. The zero-order chi connectivity index (χ0) is 35.6. The van der Waals surface area contributed by atoms with E-state index in [0.717, 1.165) is 22.7 Å². The monoisotopic (exact) mass is 686 g/mol. The Hall–Kier alpha value is -7.16. The van der Waals surface area contributed by atoms with Crippen LogP contribution in [0.2, 0.25) is 0 Å². The van der Waals surface area contributed by atoms with Gasteiger partial charge in [0.25, 0.3) is 0 Å². The third kappa shape index (κ3) is 4.81. The molecule has 1 aromatic heterocycles. The van der Waals surface area contributed by atoms with Crippen molar-refractivity contribution in [1.82, 2.24) is 4.57 Å². The van der Waals surface area contributed by atoms with Crippen LogP contribution in [0.25, 0.3) is 82.1 Å². The highest BCUT2D eigenvalue weighted by Gasteiger charge is 2.20. The van der Waals surface area contributed by atoms with E-state index in [1.807, 2.05) is 0 Å². The molecule has 0 atom stereocenters. The van der Waals surface area contributed by atoms with Gasteiger partial charge >= 0.3 is 0 Å².